The van der Waals surface area contributed by atoms with Crippen LogP contribution in [0.5, 0.6) is 0 Å². The first-order valence-electron chi connectivity index (χ1n) is 12.4. The molecule has 3 fully saturated rings. The highest BCUT2D eigenvalue weighted by Crippen LogP contribution is 2.67. The van der Waals surface area contributed by atoms with Crippen molar-refractivity contribution in [2.75, 3.05) is 0 Å². The molecule has 0 heterocycles. The van der Waals surface area contributed by atoms with Crippen molar-refractivity contribution in [3.63, 3.8) is 0 Å². The third-order valence-corrected chi connectivity index (χ3v) is 10.2. The summed E-state index contributed by atoms with van der Waals surface area (Å²) >= 11 is 0. The highest BCUT2D eigenvalue weighted by atomic mass is 19.4. The summed E-state index contributed by atoms with van der Waals surface area (Å²) in [6.07, 6.45) is 6.24. The number of hydrogen-bond acceptors (Lipinski definition) is 2. The van der Waals surface area contributed by atoms with Crippen LogP contribution in [0.25, 0.3) is 0 Å². The smallest absolute Gasteiger partial charge is 0.390 e. The molecule has 0 bridgehead atoms. The van der Waals surface area contributed by atoms with Crippen LogP contribution in [0, 0.1) is 34.5 Å². The van der Waals surface area contributed by atoms with Gasteiger partial charge in [-0.2, -0.15) is 13.2 Å². The van der Waals surface area contributed by atoms with Gasteiger partial charge in [0.05, 0.1) is 5.60 Å². The van der Waals surface area contributed by atoms with Crippen LogP contribution in [0.3, 0.4) is 0 Å². The Morgan fingerprint density at radius 2 is 1.74 bits per heavy atom. The summed E-state index contributed by atoms with van der Waals surface area (Å²) in [5, 5.41) is 20.4. The van der Waals surface area contributed by atoms with E-state index in [0.717, 1.165) is 31.3 Å². The summed E-state index contributed by atoms with van der Waals surface area (Å²) in [6, 6.07) is 0. The molecule has 31 heavy (non-hydrogen) atoms. The quantitative estimate of drug-likeness (QED) is 0.470. The predicted molar refractivity (Wildman–Crippen MR) is 116 cm³/mol. The molecule has 0 saturated heterocycles. The molecule has 3 saturated carbocycles. The van der Waals surface area contributed by atoms with E-state index in [9.17, 15) is 23.4 Å². The van der Waals surface area contributed by atoms with E-state index in [2.05, 4.69) is 19.9 Å². The Balaban J connectivity index is 1.51. The molecule has 4 aliphatic carbocycles. The molecular weight excluding hydrogens is 401 g/mol. The second-order valence-corrected chi connectivity index (χ2v) is 12.5. The molecule has 7 atom stereocenters. The number of aliphatic hydroxyl groups is 2. The number of fused-ring (bicyclic) bond motifs is 5. The molecule has 0 aromatic carbocycles. The van der Waals surface area contributed by atoms with E-state index in [1.54, 1.807) is 0 Å². The molecule has 4 rings (SSSR count). The van der Waals surface area contributed by atoms with Gasteiger partial charge in [0, 0.05) is 6.42 Å². The second-order valence-electron chi connectivity index (χ2n) is 12.5. The summed E-state index contributed by atoms with van der Waals surface area (Å²) < 4.78 is 40.5. The first kappa shape index (κ1) is 23.6. The molecule has 178 valence electrons. The fourth-order valence-corrected chi connectivity index (χ4v) is 8.25. The van der Waals surface area contributed by atoms with Gasteiger partial charge < -0.3 is 10.2 Å². The van der Waals surface area contributed by atoms with E-state index in [1.165, 1.54) is 25.7 Å². The summed E-state index contributed by atoms with van der Waals surface area (Å²) in [7, 11) is 0. The Bertz CT molecular complexity index is 723. The van der Waals surface area contributed by atoms with Gasteiger partial charge in [0.1, 0.15) is 0 Å². The van der Waals surface area contributed by atoms with Crippen LogP contribution in [0.1, 0.15) is 98.3 Å². The van der Waals surface area contributed by atoms with E-state index in [4.69, 9.17) is 0 Å². The average Bonchev–Trinajstić information content (AvgIpc) is 2.97. The Hall–Kier alpha value is -0.550. The summed E-state index contributed by atoms with van der Waals surface area (Å²) in [5.74, 6) is 2.35. The zero-order chi connectivity index (χ0) is 22.9. The first-order valence-corrected chi connectivity index (χ1v) is 12.4. The molecule has 2 nitrogen and oxygen atoms in total. The minimum absolute atomic E-state index is 0.172. The SMILES string of the molecule is CC(C)(O)CCC[C@@H]1CC[C@H]2[C@@H]3CC=C4C[C@](O)(C(F)(F)F)CC[C@]4(C)[C@H]3CC[C@]12C. The molecule has 0 spiro atoms. The molecule has 0 aliphatic heterocycles. The van der Waals surface area contributed by atoms with Crippen molar-refractivity contribution in [1.29, 1.82) is 0 Å². The Morgan fingerprint density at radius 3 is 2.39 bits per heavy atom. The molecule has 0 aromatic heterocycles. The summed E-state index contributed by atoms with van der Waals surface area (Å²) in [5.41, 5.74) is -2.16. The molecule has 5 heteroatoms. The maximum atomic E-state index is 13.5. The first-order chi connectivity index (χ1) is 14.2. The van der Waals surface area contributed by atoms with Crippen LogP contribution in [0.2, 0.25) is 0 Å². The highest BCUT2D eigenvalue weighted by Gasteiger charge is 2.63. The molecule has 4 aliphatic rings. The van der Waals surface area contributed by atoms with Crippen molar-refractivity contribution in [1.82, 2.24) is 0 Å². The Labute approximate surface area is 185 Å². The van der Waals surface area contributed by atoms with E-state index in [1.807, 2.05) is 13.8 Å². The lowest BCUT2D eigenvalue weighted by atomic mass is 9.46. The van der Waals surface area contributed by atoms with E-state index < -0.39 is 17.4 Å². The van der Waals surface area contributed by atoms with Crippen molar-refractivity contribution < 1.29 is 23.4 Å². The van der Waals surface area contributed by atoms with Crippen molar-refractivity contribution in [3.05, 3.63) is 11.6 Å². The number of rotatable bonds is 4. The number of hydrogen-bond donors (Lipinski definition) is 2. The van der Waals surface area contributed by atoms with Gasteiger partial charge in [0.2, 0.25) is 0 Å². The lowest BCUT2D eigenvalue weighted by Crippen LogP contribution is -2.55. The Morgan fingerprint density at radius 1 is 1.03 bits per heavy atom. The van der Waals surface area contributed by atoms with E-state index in [0.29, 0.717) is 35.5 Å². The van der Waals surface area contributed by atoms with Gasteiger partial charge in [0.15, 0.2) is 5.60 Å². The number of halogens is 3. The lowest BCUT2D eigenvalue weighted by Gasteiger charge is -2.59. The van der Waals surface area contributed by atoms with Crippen LogP contribution in [-0.2, 0) is 0 Å². The van der Waals surface area contributed by atoms with E-state index >= 15 is 0 Å². The van der Waals surface area contributed by atoms with E-state index in [-0.39, 0.29) is 18.3 Å². The topological polar surface area (TPSA) is 40.5 Å². The van der Waals surface area contributed by atoms with Crippen molar-refractivity contribution in [2.24, 2.45) is 34.5 Å². The molecular formula is C26H41F3O2. The lowest BCUT2D eigenvalue weighted by molar-refractivity contribution is -0.271. The third kappa shape index (κ3) is 3.90. The van der Waals surface area contributed by atoms with Gasteiger partial charge in [-0.3, -0.25) is 0 Å². The minimum atomic E-state index is -4.56. The highest BCUT2D eigenvalue weighted by molar-refractivity contribution is 5.27. The number of allylic oxidation sites excluding steroid dienone is 1. The summed E-state index contributed by atoms with van der Waals surface area (Å²) in [4.78, 5) is 0. The molecule has 0 aromatic rings. The molecule has 0 radical (unpaired) electrons. The summed E-state index contributed by atoms with van der Waals surface area (Å²) in [6.45, 7) is 8.42. The van der Waals surface area contributed by atoms with Crippen LogP contribution in [0.4, 0.5) is 13.2 Å². The van der Waals surface area contributed by atoms with Gasteiger partial charge in [-0.1, -0.05) is 31.9 Å². The monoisotopic (exact) mass is 442 g/mol. The minimum Gasteiger partial charge on any atom is -0.390 e. The largest absolute Gasteiger partial charge is 0.417 e. The maximum Gasteiger partial charge on any atom is 0.417 e. The second kappa shape index (κ2) is 7.48. The molecule has 0 amide bonds. The maximum absolute atomic E-state index is 13.5. The standard InChI is InChI=1S/C26H41F3O2/c1-22(2,30)12-5-6-17-8-10-20-19-9-7-18-16-25(31,26(27,28)29)15-14-24(18,4)21(19)11-13-23(17,20)3/h7,17,19-21,30-31H,5-6,8-16H2,1-4H3/t17-,19+,20+,21+,23-,24+,25+/m1/s1. The van der Waals surface area contributed by atoms with Crippen LogP contribution < -0.4 is 0 Å². The fraction of sp³-hybridized carbons (Fsp3) is 0.923. The third-order valence-electron chi connectivity index (χ3n) is 10.2. The van der Waals surface area contributed by atoms with Gasteiger partial charge in [0.25, 0.3) is 0 Å². The van der Waals surface area contributed by atoms with Gasteiger partial charge >= 0.3 is 6.18 Å². The van der Waals surface area contributed by atoms with Crippen molar-refractivity contribution in [2.45, 2.75) is 116 Å². The van der Waals surface area contributed by atoms with Gasteiger partial charge in [-0.15, -0.1) is 0 Å². The zero-order valence-electron chi connectivity index (χ0n) is 19.7. The van der Waals surface area contributed by atoms with Gasteiger partial charge in [-0.05, 0) is 106 Å². The van der Waals surface area contributed by atoms with Crippen LogP contribution in [0.15, 0.2) is 11.6 Å². The fourth-order valence-electron chi connectivity index (χ4n) is 8.25. The number of alkyl halides is 3. The molecule has 2 N–H and O–H groups in total. The molecule has 0 unspecified atom stereocenters. The normalized spacial score (nSPS) is 45.5. The Kier molecular flexibility index (Phi) is 5.70. The van der Waals surface area contributed by atoms with Crippen molar-refractivity contribution >= 4 is 0 Å². The van der Waals surface area contributed by atoms with Crippen LogP contribution in [-0.4, -0.2) is 27.6 Å². The van der Waals surface area contributed by atoms with Crippen molar-refractivity contribution in [3.8, 4) is 0 Å². The predicted octanol–water partition coefficient (Wildman–Crippen LogP) is 6.80. The average molecular weight is 443 g/mol. The zero-order valence-corrected chi connectivity index (χ0v) is 19.7. The van der Waals surface area contributed by atoms with Gasteiger partial charge in [-0.25, -0.2) is 0 Å². The van der Waals surface area contributed by atoms with Crippen LogP contribution >= 0.6 is 0 Å².